The van der Waals surface area contributed by atoms with Gasteiger partial charge >= 0.3 is 0 Å². The van der Waals surface area contributed by atoms with Crippen LogP contribution in [0.1, 0.15) is 20.3 Å². The SMILES string of the molecule is CCNC(=O)C(C)NC(=O)CCOCCOCCOCCOCCOCCOCCNC=O. The second-order valence-electron chi connectivity index (χ2n) is 6.68. The minimum absolute atomic E-state index is 0.186. The Balaban J connectivity index is 3.22. The van der Waals surface area contributed by atoms with Crippen molar-refractivity contribution in [2.75, 3.05) is 92.4 Å². The first kappa shape index (κ1) is 31.2. The van der Waals surface area contributed by atoms with E-state index in [4.69, 9.17) is 28.4 Å². The van der Waals surface area contributed by atoms with Gasteiger partial charge in [-0.3, -0.25) is 14.4 Å². The van der Waals surface area contributed by atoms with E-state index in [2.05, 4.69) is 16.0 Å². The second kappa shape index (κ2) is 24.8. The molecule has 0 saturated carbocycles. The fourth-order valence-electron chi connectivity index (χ4n) is 2.26. The number of hydrogen-bond acceptors (Lipinski definition) is 9. The van der Waals surface area contributed by atoms with E-state index in [0.29, 0.717) is 92.2 Å². The molecule has 3 N–H and O–H groups in total. The van der Waals surface area contributed by atoms with Gasteiger partial charge in [0.25, 0.3) is 0 Å². The summed E-state index contributed by atoms with van der Waals surface area (Å²) in [6.45, 7) is 9.75. The number of amides is 3. The summed E-state index contributed by atoms with van der Waals surface area (Å²) in [4.78, 5) is 33.3. The number of nitrogens with one attached hydrogen (secondary N) is 3. The van der Waals surface area contributed by atoms with Gasteiger partial charge in [0, 0.05) is 19.5 Å². The van der Waals surface area contributed by atoms with E-state index in [9.17, 15) is 14.4 Å². The van der Waals surface area contributed by atoms with E-state index in [-0.39, 0.29) is 24.8 Å². The van der Waals surface area contributed by atoms with Crippen molar-refractivity contribution in [1.29, 1.82) is 0 Å². The molecule has 0 saturated heterocycles. The van der Waals surface area contributed by atoms with Gasteiger partial charge < -0.3 is 44.4 Å². The van der Waals surface area contributed by atoms with Gasteiger partial charge in [-0.1, -0.05) is 0 Å². The summed E-state index contributed by atoms with van der Waals surface area (Å²) in [6, 6.07) is -0.561. The van der Waals surface area contributed by atoms with Crippen LogP contribution in [0.15, 0.2) is 0 Å². The maximum Gasteiger partial charge on any atom is 0.242 e. The number of ether oxygens (including phenoxy) is 6. The van der Waals surface area contributed by atoms with Crippen molar-refractivity contribution in [2.45, 2.75) is 26.3 Å². The van der Waals surface area contributed by atoms with Crippen LogP contribution in [0, 0.1) is 0 Å². The van der Waals surface area contributed by atoms with E-state index in [1.54, 1.807) is 6.92 Å². The Morgan fingerprint density at radius 2 is 1.15 bits per heavy atom. The standard InChI is InChI=1S/C21H41N3O9/c1-3-23-21(27)19(2)24-20(26)4-6-28-8-10-30-12-14-32-16-17-33-15-13-31-11-9-29-7-5-22-18-25/h18-19H,3-17H2,1-2H3,(H,22,25)(H,23,27)(H,24,26). The van der Waals surface area contributed by atoms with Gasteiger partial charge in [-0.25, -0.2) is 0 Å². The normalized spacial score (nSPS) is 11.7. The lowest BCUT2D eigenvalue weighted by molar-refractivity contribution is -0.129. The van der Waals surface area contributed by atoms with E-state index >= 15 is 0 Å². The van der Waals surface area contributed by atoms with Crippen molar-refractivity contribution >= 4 is 18.2 Å². The molecule has 194 valence electrons. The minimum atomic E-state index is -0.561. The van der Waals surface area contributed by atoms with Crippen LogP contribution in [0.5, 0.6) is 0 Å². The van der Waals surface area contributed by atoms with Gasteiger partial charge in [0.15, 0.2) is 0 Å². The topological polar surface area (TPSA) is 143 Å². The Hall–Kier alpha value is -1.83. The van der Waals surface area contributed by atoms with E-state index in [1.165, 1.54) is 0 Å². The zero-order valence-electron chi connectivity index (χ0n) is 19.9. The third-order valence-corrected chi connectivity index (χ3v) is 3.93. The molecule has 0 aliphatic carbocycles. The van der Waals surface area contributed by atoms with Crippen molar-refractivity contribution < 1.29 is 42.8 Å². The van der Waals surface area contributed by atoms with Crippen molar-refractivity contribution in [3.63, 3.8) is 0 Å². The zero-order valence-corrected chi connectivity index (χ0v) is 19.9. The molecule has 33 heavy (non-hydrogen) atoms. The molecule has 0 spiro atoms. The first-order valence-corrected chi connectivity index (χ1v) is 11.3. The first-order chi connectivity index (χ1) is 16.1. The van der Waals surface area contributed by atoms with Gasteiger partial charge in [0.05, 0.1) is 79.3 Å². The molecule has 12 nitrogen and oxygen atoms in total. The van der Waals surface area contributed by atoms with Crippen LogP contribution in [0.3, 0.4) is 0 Å². The first-order valence-electron chi connectivity index (χ1n) is 11.3. The molecule has 12 heteroatoms. The Morgan fingerprint density at radius 1 is 0.727 bits per heavy atom. The highest BCUT2D eigenvalue weighted by atomic mass is 16.6. The van der Waals surface area contributed by atoms with E-state index in [1.807, 2.05) is 6.92 Å². The lowest BCUT2D eigenvalue weighted by Gasteiger charge is -2.13. The van der Waals surface area contributed by atoms with Crippen LogP contribution < -0.4 is 16.0 Å². The minimum Gasteiger partial charge on any atom is -0.379 e. The predicted molar refractivity (Wildman–Crippen MR) is 120 cm³/mol. The summed E-state index contributed by atoms with van der Waals surface area (Å²) in [5.41, 5.74) is 0. The van der Waals surface area contributed by atoms with Crippen LogP contribution >= 0.6 is 0 Å². The van der Waals surface area contributed by atoms with Gasteiger partial charge in [0.2, 0.25) is 18.2 Å². The average molecular weight is 480 g/mol. The van der Waals surface area contributed by atoms with Crippen LogP contribution in [0.4, 0.5) is 0 Å². The number of carbonyl (C=O) groups is 3. The Kier molecular flexibility index (Phi) is 23.4. The summed E-state index contributed by atoms with van der Waals surface area (Å²) >= 11 is 0. The third kappa shape index (κ3) is 23.1. The molecule has 1 atom stereocenters. The van der Waals surface area contributed by atoms with E-state index < -0.39 is 6.04 Å². The molecule has 0 rings (SSSR count). The number of rotatable bonds is 25. The lowest BCUT2D eigenvalue weighted by Crippen LogP contribution is -2.44. The number of hydrogen-bond donors (Lipinski definition) is 3. The summed E-state index contributed by atoms with van der Waals surface area (Å²) < 4.78 is 32.1. The Morgan fingerprint density at radius 3 is 1.58 bits per heavy atom. The van der Waals surface area contributed by atoms with Crippen molar-refractivity contribution in [2.24, 2.45) is 0 Å². The van der Waals surface area contributed by atoms with Crippen molar-refractivity contribution in [3.05, 3.63) is 0 Å². The summed E-state index contributed by atoms with van der Waals surface area (Å²) in [5.74, 6) is -0.437. The van der Waals surface area contributed by atoms with Gasteiger partial charge in [-0.2, -0.15) is 0 Å². The van der Waals surface area contributed by atoms with Gasteiger partial charge in [-0.15, -0.1) is 0 Å². The second-order valence-corrected chi connectivity index (χ2v) is 6.68. The highest BCUT2D eigenvalue weighted by Gasteiger charge is 2.14. The molecule has 0 aliphatic rings. The highest BCUT2D eigenvalue weighted by molar-refractivity contribution is 5.87. The highest BCUT2D eigenvalue weighted by Crippen LogP contribution is 1.89. The molecule has 0 aromatic rings. The molecule has 3 amide bonds. The number of carbonyl (C=O) groups excluding carboxylic acids is 3. The zero-order chi connectivity index (χ0) is 24.4. The van der Waals surface area contributed by atoms with Crippen LogP contribution in [0.2, 0.25) is 0 Å². The monoisotopic (exact) mass is 479 g/mol. The molecular formula is C21H41N3O9. The molecule has 0 aromatic heterocycles. The number of likely N-dealkylation sites (N-methyl/N-ethyl adjacent to an activating group) is 1. The quantitative estimate of drug-likeness (QED) is 0.109. The lowest BCUT2D eigenvalue weighted by atomic mass is 10.3. The molecule has 0 aromatic carbocycles. The maximum absolute atomic E-state index is 11.7. The third-order valence-electron chi connectivity index (χ3n) is 3.93. The van der Waals surface area contributed by atoms with Crippen molar-refractivity contribution in [1.82, 2.24) is 16.0 Å². The summed E-state index contributed by atoms with van der Waals surface area (Å²) in [6.07, 6.45) is 0.822. The average Bonchev–Trinajstić information content (AvgIpc) is 2.80. The Bertz CT molecular complexity index is 484. The fraction of sp³-hybridized carbons (Fsp3) is 0.857. The molecule has 0 aliphatic heterocycles. The molecule has 0 bridgehead atoms. The smallest absolute Gasteiger partial charge is 0.242 e. The molecule has 0 fully saturated rings. The molecular weight excluding hydrogens is 438 g/mol. The van der Waals surface area contributed by atoms with Crippen LogP contribution in [-0.4, -0.2) is 117 Å². The molecule has 0 radical (unpaired) electrons. The molecule has 1 unspecified atom stereocenters. The molecule has 0 heterocycles. The predicted octanol–water partition coefficient (Wildman–Crippen LogP) is -1.14. The fourth-order valence-corrected chi connectivity index (χ4v) is 2.26. The van der Waals surface area contributed by atoms with Crippen LogP contribution in [-0.2, 0) is 42.8 Å². The summed E-state index contributed by atoms with van der Waals surface area (Å²) in [7, 11) is 0. The van der Waals surface area contributed by atoms with Gasteiger partial charge in [-0.05, 0) is 13.8 Å². The van der Waals surface area contributed by atoms with E-state index in [0.717, 1.165) is 0 Å². The summed E-state index contributed by atoms with van der Waals surface area (Å²) in [5, 5.41) is 7.77. The maximum atomic E-state index is 11.7. The Labute approximate surface area is 196 Å². The van der Waals surface area contributed by atoms with Crippen molar-refractivity contribution in [3.8, 4) is 0 Å². The van der Waals surface area contributed by atoms with Crippen LogP contribution in [0.25, 0.3) is 0 Å². The van der Waals surface area contributed by atoms with Gasteiger partial charge in [0.1, 0.15) is 6.04 Å². The largest absolute Gasteiger partial charge is 0.379 e.